The lowest BCUT2D eigenvalue weighted by atomic mass is 10.1. The molecule has 4 aromatic carbocycles. The molecule has 9 heteroatoms. The predicted octanol–water partition coefficient (Wildman–Crippen LogP) is 7.01. The maximum absolute atomic E-state index is 13.4. The zero-order chi connectivity index (χ0) is 32.5. The van der Waals surface area contributed by atoms with Gasteiger partial charge in [-0.2, -0.15) is 0 Å². The molecule has 0 bridgehead atoms. The summed E-state index contributed by atoms with van der Waals surface area (Å²) in [6.45, 7) is 4.66. The summed E-state index contributed by atoms with van der Waals surface area (Å²) in [5.74, 6) is -0.711. The van der Waals surface area contributed by atoms with Gasteiger partial charge in [0.05, 0.1) is 17.5 Å². The second-order valence-corrected chi connectivity index (χ2v) is 12.1. The van der Waals surface area contributed by atoms with E-state index in [1.54, 1.807) is 78.9 Å². The molecule has 1 atom stereocenters. The molecule has 0 saturated carbocycles. The topological polar surface area (TPSA) is 105 Å². The third-order valence-electron chi connectivity index (χ3n) is 7.24. The van der Waals surface area contributed by atoms with E-state index in [2.05, 4.69) is 17.6 Å². The summed E-state index contributed by atoms with van der Waals surface area (Å²) in [5, 5.41) is 5.03. The zero-order valence-corrected chi connectivity index (χ0v) is 26.5. The van der Waals surface area contributed by atoms with Crippen LogP contribution in [0.3, 0.4) is 0 Å². The van der Waals surface area contributed by atoms with Crippen LogP contribution in [0.25, 0.3) is 6.08 Å². The summed E-state index contributed by atoms with van der Waals surface area (Å²) in [6.07, 6.45) is 3.71. The molecular weight excluding hydrogens is 598 g/mol. The zero-order valence-electron chi connectivity index (χ0n) is 25.7. The normalized spacial score (nSPS) is 14.7. The first-order valence-electron chi connectivity index (χ1n) is 15.1. The molecule has 0 spiro atoms. The Balaban J connectivity index is 1.23. The molecule has 1 aliphatic rings. The number of ether oxygens (including phenoxy) is 1. The number of amides is 4. The number of unbranched alkanes of at least 4 members (excludes halogenated alkanes) is 1. The summed E-state index contributed by atoms with van der Waals surface area (Å²) in [7, 11) is 0. The summed E-state index contributed by atoms with van der Waals surface area (Å²) in [6, 6.07) is 30.3. The number of aryl methyl sites for hydroxylation is 1. The van der Waals surface area contributed by atoms with Crippen molar-refractivity contribution >= 4 is 52.8 Å². The maximum Gasteiger partial charge on any atom is 0.272 e. The van der Waals surface area contributed by atoms with Crippen molar-refractivity contribution in [1.29, 1.82) is 0 Å². The minimum absolute atomic E-state index is 0.0883. The molecular formula is C37H35N3O5S. The van der Waals surface area contributed by atoms with Gasteiger partial charge in [-0.05, 0) is 85.6 Å². The monoisotopic (exact) mass is 633 g/mol. The second-order valence-electron chi connectivity index (χ2n) is 10.8. The van der Waals surface area contributed by atoms with Crippen LogP contribution in [0.15, 0.2) is 114 Å². The van der Waals surface area contributed by atoms with Gasteiger partial charge in [-0.15, -0.1) is 11.8 Å². The van der Waals surface area contributed by atoms with Crippen molar-refractivity contribution in [3.8, 4) is 5.75 Å². The molecule has 1 unspecified atom stereocenters. The van der Waals surface area contributed by atoms with E-state index in [9.17, 15) is 19.2 Å². The molecule has 4 aromatic rings. The smallest absolute Gasteiger partial charge is 0.272 e. The summed E-state index contributed by atoms with van der Waals surface area (Å²) < 4.78 is 5.69. The average Bonchev–Trinajstić information content (AvgIpc) is 3.34. The highest BCUT2D eigenvalue weighted by atomic mass is 32.2. The molecule has 0 aliphatic carbocycles. The van der Waals surface area contributed by atoms with Crippen LogP contribution in [0, 0.1) is 6.92 Å². The summed E-state index contributed by atoms with van der Waals surface area (Å²) in [4.78, 5) is 54.3. The van der Waals surface area contributed by atoms with Crippen LogP contribution in [-0.4, -0.2) is 35.5 Å². The van der Waals surface area contributed by atoms with Crippen molar-refractivity contribution < 1.29 is 23.9 Å². The number of hydrogen-bond acceptors (Lipinski definition) is 6. The van der Waals surface area contributed by atoms with Gasteiger partial charge in [0.25, 0.3) is 11.8 Å². The van der Waals surface area contributed by atoms with Gasteiger partial charge < -0.3 is 15.4 Å². The van der Waals surface area contributed by atoms with Gasteiger partial charge in [0.15, 0.2) is 0 Å². The van der Waals surface area contributed by atoms with Gasteiger partial charge >= 0.3 is 0 Å². The molecule has 1 saturated heterocycles. The van der Waals surface area contributed by atoms with Gasteiger partial charge in [-0.3, -0.25) is 19.2 Å². The van der Waals surface area contributed by atoms with Crippen LogP contribution in [-0.2, 0) is 14.4 Å². The number of carbonyl (C=O) groups is 4. The van der Waals surface area contributed by atoms with Crippen molar-refractivity contribution in [2.24, 2.45) is 0 Å². The van der Waals surface area contributed by atoms with E-state index in [0.717, 1.165) is 28.9 Å². The van der Waals surface area contributed by atoms with Crippen molar-refractivity contribution in [3.63, 3.8) is 0 Å². The Morgan fingerprint density at radius 3 is 2.37 bits per heavy atom. The van der Waals surface area contributed by atoms with E-state index in [1.165, 1.54) is 16.7 Å². The Labute approximate surface area is 272 Å². The Bertz CT molecular complexity index is 1740. The molecule has 0 radical (unpaired) electrons. The van der Waals surface area contributed by atoms with Gasteiger partial charge in [0.2, 0.25) is 11.8 Å². The van der Waals surface area contributed by atoms with Crippen molar-refractivity contribution in [2.45, 2.75) is 43.3 Å². The lowest BCUT2D eigenvalue weighted by molar-refractivity contribution is -0.121. The quantitative estimate of drug-likeness (QED) is 0.0989. The predicted molar refractivity (Wildman–Crippen MR) is 182 cm³/mol. The Hall–Kier alpha value is -5.15. The molecule has 234 valence electrons. The second kappa shape index (κ2) is 15.2. The number of thioether (sulfide) groups is 1. The fourth-order valence-electron chi connectivity index (χ4n) is 4.84. The minimum atomic E-state index is -0.564. The highest BCUT2D eigenvalue weighted by Crippen LogP contribution is 2.35. The third kappa shape index (κ3) is 8.31. The molecule has 1 aliphatic heterocycles. The fourth-order valence-corrected chi connectivity index (χ4v) is 5.90. The Morgan fingerprint density at radius 1 is 0.935 bits per heavy atom. The van der Waals surface area contributed by atoms with E-state index in [1.807, 2.05) is 37.3 Å². The highest BCUT2D eigenvalue weighted by Gasteiger charge is 2.40. The van der Waals surface area contributed by atoms with Crippen LogP contribution >= 0.6 is 11.8 Å². The van der Waals surface area contributed by atoms with Crippen LogP contribution < -0.4 is 20.3 Å². The summed E-state index contributed by atoms with van der Waals surface area (Å²) >= 11 is 1.30. The molecule has 1 heterocycles. The first-order valence-corrected chi connectivity index (χ1v) is 16.0. The van der Waals surface area contributed by atoms with Gasteiger partial charge in [0, 0.05) is 22.6 Å². The van der Waals surface area contributed by atoms with E-state index in [4.69, 9.17) is 4.74 Å². The largest absolute Gasteiger partial charge is 0.494 e. The number of nitrogens with zero attached hydrogens (tertiary/aromatic N) is 1. The average molecular weight is 634 g/mol. The van der Waals surface area contributed by atoms with E-state index >= 15 is 0 Å². The SMILES string of the molecule is CCCCOc1ccc(N2C(=O)CC(Sc3ccc(NC(=O)/C(=C/c4cccc(C)c4)NC(=O)c4ccccc4)cc3)C2=O)cc1. The van der Waals surface area contributed by atoms with Crippen molar-refractivity contribution in [3.05, 3.63) is 126 Å². The highest BCUT2D eigenvalue weighted by molar-refractivity contribution is 8.00. The van der Waals surface area contributed by atoms with Crippen molar-refractivity contribution in [2.75, 3.05) is 16.8 Å². The Morgan fingerprint density at radius 2 is 1.67 bits per heavy atom. The molecule has 4 amide bonds. The molecule has 46 heavy (non-hydrogen) atoms. The molecule has 8 nitrogen and oxygen atoms in total. The lowest BCUT2D eigenvalue weighted by Crippen LogP contribution is -2.31. The maximum atomic E-state index is 13.4. The van der Waals surface area contributed by atoms with Crippen molar-refractivity contribution in [1.82, 2.24) is 5.32 Å². The standard InChI is InChI=1S/C37H35N3O5S/c1-3-4-21-45-30-17-15-29(16-18-30)40-34(41)24-33(37(40)44)46-31-19-13-28(14-20-31)38-36(43)32(23-26-10-8-9-25(2)22-26)39-35(42)27-11-6-5-7-12-27/h5-20,22-23,33H,3-4,21,24H2,1-2H3,(H,38,43)(H,39,42)/b32-23-. The van der Waals surface area contributed by atoms with Crippen LogP contribution in [0.5, 0.6) is 5.75 Å². The van der Waals surface area contributed by atoms with E-state index in [-0.39, 0.29) is 23.9 Å². The number of hydrogen-bond donors (Lipinski definition) is 2. The molecule has 2 N–H and O–H groups in total. The van der Waals surface area contributed by atoms with E-state index in [0.29, 0.717) is 29.3 Å². The lowest BCUT2D eigenvalue weighted by Gasteiger charge is -2.16. The Kier molecular flexibility index (Phi) is 10.7. The number of rotatable bonds is 12. The van der Waals surface area contributed by atoms with Crippen LogP contribution in [0.4, 0.5) is 11.4 Å². The van der Waals surface area contributed by atoms with Crippen LogP contribution in [0.1, 0.15) is 47.7 Å². The molecule has 1 fully saturated rings. The minimum Gasteiger partial charge on any atom is -0.494 e. The first kappa shape index (κ1) is 32.2. The van der Waals surface area contributed by atoms with Gasteiger partial charge in [-0.1, -0.05) is 61.4 Å². The number of benzene rings is 4. The third-order valence-corrected chi connectivity index (χ3v) is 8.44. The summed E-state index contributed by atoms with van der Waals surface area (Å²) in [5.41, 5.74) is 3.34. The number of nitrogens with one attached hydrogen (secondary N) is 2. The number of anilines is 2. The number of carbonyl (C=O) groups excluding carboxylic acids is 4. The first-order chi connectivity index (χ1) is 22.3. The van der Waals surface area contributed by atoms with Crippen LogP contribution in [0.2, 0.25) is 0 Å². The van der Waals surface area contributed by atoms with Gasteiger partial charge in [0.1, 0.15) is 11.4 Å². The number of imide groups is 1. The molecule has 5 rings (SSSR count). The molecule has 0 aromatic heterocycles. The fraction of sp³-hybridized carbons (Fsp3) is 0.189. The van der Waals surface area contributed by atoms with Gasteiger partial charge in [-0.25, -0.2) is 4.90 Å². The van der Waals surface area contributed by atoms with E-state index < -0.39 is 17.1 Å².